The maximum Gasteiger partial charge on any atom is 0.147 e. The van der Waals surface area contributed by atoms with E-state index in [0.29, 0.717) is 5.49 Å². The Morgan fingerprint density at radius 2 is 1.95 bits per heavy atom. The molecule has 20 heavy (non-hydrogen) atoms. The van der Waals surface area contributed by atoms with Crippen LogP contribution in [0.15, 0.2) is 18.5 Å². The third kappa shape index (κ3) is 2.16. The van der Waals surface area contributed by atoms with Crippen molar-refractivity contribution in [3.05, 3.63) is 23.9 Å². The Morgan fingerprint density at radius 3 is 2.65 bits per heavy atom. The Kier molecular flexibility index (Phi) is 3.40. The quantitative estimate of drug-likeness (QED) is 0.896. The molecule has 0 spiro atoms. The van der Waals surface area contributed by atoms with Crippen LogP contribution in [0.5, 0.6) is 0 Å². The molecule has 3 rings (SSSR count). The zero-order valence-electron chi connectivity index (χ0n) is 11.8. The second-order valence-electron chi connectivity index (χ2n) is 5.22. The highest BCUT2D eigenvalue weighted by atomic mass is 16.5. The summed E-state index contributed by atoms with van der Waals surface area (Å²) in [6.45, 7) is 7.27. The number of hydrogen-bond acceptors (Lipinski definition) is 5. The minimum Gasteiger partial charge on any atom is -0.378 e. The normalized spacial score (nSPS) is 16.1. The third-order valence-corrected chi connectivity index (χ3v) is 3.56. The van der Waals surface area contributed by atoms with E-state index in [9.17, 15) is 0 Å². The van der Waals surface area contributed by atoms with E-state index in [-0.39, 0.29) is 6.04 Å². The van der Waals surface area contributed by atoms with Crippen LogP contribution in [-0.4, -0.2) is 40.8 Å². The summed E-state index contributed by atoms with van der Waals surface area (Å²) in [5, 5.41) is 9.07. The van der Waals surface area contributed by atoms with Gasteiger partial charge in [0.05, 0.1) is 18.6 Å². The van der Waals surface area contributed by atoms with Crippen molar-refractivity contribution in [2.24, 2.45) is 0 Å². The molecule has 106 valence electrons. The van der Waals surface area contributed by atoms with Crippen molar-refractivity contribution in [2.45, 2.75) is 19.9 Å². The first-order valence-electron chi connectivity index (χ1n) is 6.92. The van der Waals surface area contributed by atoms with E-state index in [1.54, 1.807) is 6.33 Å². The molecule has 0 saturated carbocycles. The number of pyridine rings is 1. The molecule has 2 aromatic heterocycles. The van der Waals surface area contributed by atoms with Crippen LogP contribution in [0.25, 0.3) is 11.0 Å². The van der Waals surface area contributed by atoms with Gasteiger partial charge < -0.3 is 14.2 Å². The molecule has 1 N–H and O–H groups in total. The molecular weight excluding hydrogens is 254 g/mol. The van der Waals surface area contributed by atoms with Gasteiger partial charge in [-0.15, -0.1) is 0 Å². The fourth-order valence-electron chi connectivity index (χ4n) is 2.62. The van der Waals surface area contributed by atoms with E-state index in [2.05, 4.69) is 28.7 Å². The zero-order valence-corrected chi connectivity index (χ0v) is 11.8. The number of aromatic nitrogens is 3. The zero-order chi connectivity index (χ0) is 14.1. The summed E-state index contributed by atoms with van der Waals surface area (Å²) in [6.07, 6.45) is 1.59. The molecule has 2 aromatic rings. The number of fused-ring (bicyclic) bond motifs is 1. The Balaban J connectivity index is 2.20. The topological polar surface area (TPSA) is 67.0 Å². The number of morpholine rings is 1. The SMILES string of the molecule is CC(C)n1c(=N)ccc2c(N3CCOCC3)ncnc21. The highest BCUT2D eigenvalue weighted by Crippen LogP contribution is 2.23. The first-order chi connectivity index (χ1) is 9.68. The minimum atomic E-state index is 0.193. The van der Waals surface area contributed by atoms with Gasteiger partial charge in [0.15, 0.2) is 0 Å². The number of nitrogens with zero attached hydrogens (tertiary/aromatic N) is 4. The van der Waals surface area contributed by atoms with Crippen LogP contribution in [0.2, 0.25) is 0 Å². The molecule has 3 heterocycles. The summed E-state index contributed by atoms with van der Waals surface area (Å²) >= 11 is 0. The van der Waals surface area contributed by atoms with Gasteiger partial charge in [-0.3, -0.25) is 5.41 Å². The first-order valence-corrected chi connectivity index (χ1v) is 6.92. The lowest BCUT2D eigenvalue weighted by Gasteiger charge is -2.28. The van der Waals surface area contributed by atoms with Crippen LogP contribution >= 0.6 is 0 Å². The molecular formula is C14H19N5O. The lowest BCUT2D eigenvalue weighted by molar-refractivity contribution is 0.122. The van der Waals surface area contributed by atoms with Crippen molar-refractivity contribution in [1.29, 1.82) is 5.41 Å². The Hall–Kier alpha value is -1.95. The summed E-state index contributed by atoms with van der Waals surface area (Å²) in [5.41, 5.74) is 1.29. The highest BCUT2D eigenvalue weighted by molar-refractivity contribution is 5.87. The molecule has 1 saturated heterocycles. The highest BCUT2D eigenvalue weighted by Gasteiger charge is 2.17. The van der Waals surface area contributed by atoms with Gasteiger partial charge in [-0.05, 0) is 26.0 Å². The summed E-state index contributed by atoms with van der Waals surface area (Å²) in [7, 11) is 0. The largest absolute Gasteiger partial charge is 0.378 e. The molecule has 1 aliphatic rings. The van der Waals surface area contributed by atoms with E-state index in [4.69, 9.17) is 10.1 Å². The minimum absolute atomic E-state index is 0.193. The summed E-state index contributed by atoms with van der Waals surface area (Å²) in [5.74, 6) is 0.938. The van der Waals surface area contributed by atoms with Crippen LogP contribution < -0.4 is 10.4 Å². The van der Waals surface area contributed by atoms with Gasteiger partial charge in [-0.1, -0.05) is 0 Å². The predicted octanol–water partition coefficient (Wildman–Crippen LogP) is 1.33. The van der Waals surface area contributed by atoms with Gasteiger partial charge in [0, 0.05) is 19.1 Å². The van der Waals surface area contributed by atoms with Crippen molar-refractivity contribution < 1.29 is 4.74 Å². The van der Waals surface area contributed by atoms with Gasteiger partial charge in [-0.2, -0.15) is 0 Å². The van der Waals surface area contributed by atoms with Gasteiger partial charge in [-0.25, -0.2) is 9.97 Å². The van der Waals surface area contributed by atoms with Crippen LogP contribution in [-0.2, 0) is 4.74 Å². The Bertz CT molecular complexity index is 673. The van der Waals surface area contributed by atoms with Crippen LogP contribution in [0.1, 0.15) is 19.9 Å². The molecule has 1 fully saturated rings. The van der Waals surface area contributed by atoms with Gasteiger partial charge >= 0.3 is 0 Å². The lowest BCUT2D eigenvalue weighted by Crippen LogP contribution is -2.37. The standard InChI is InChI=1S/C14H19N5O/c1-10(2)19-12(15)4-3-11-13(16-9-17-14(11)19)18-5-7-20-8-6-18/h3-4,9-10,15H,5-8H2,1-2H3. The molecule has 1 aliphatic heterocycles. The predicted molar refractivity (Wildman–Crippen MR) is 76.8 cm³/mol. The summed E-state index contributed by atoms with van der Waals surface area (Å²) < 4.78 is 7.33. The fourth-order valence-corrected chi connectivity index (χ4v) is 2.62. The molecule has 0 radical (unpaired) electrons. The molecule has 6 nitrogen and oxygen atoms in total. The second-order valence-corrected chi connectivity index (χ2v) is 5.22. The summed E-state index contributed by atoms with van der Waals surface area (Å²) in [4.78, 5) is 11.1. The summed E-state index contributed by atoms with van der Waals surface area (Å²) in [6, 6.07) is 3.95. The Morgan fingerprint density at radius 1 is 1.20 bits per heavy atom. The van der Waals surface area contributed by atoms with Gasteiger partial charge in [0.1, 0.15) is 23.3 Å². The molecule has 6 heteroatoms. The van der Waals surface area contributed by atoms with Crippen molar-refractivity contribution in [2.75, 3.05) is 31.2 Å². The van der Waals surface area contributed by atoms with Crippen LogP contribution in [0, 0.1) is 5.41 Å². The maximum atomic E-state index is 8.07. The lowest BCUT2D eigenvalue weighted by atomic mass is 10.2. The van der Waals surface area contributed by atoms with Gasteiger partial charge in [0.25, 0.3) is 0 Å². The number of rotatable bonds is 2. The van der Waals surface area contributed by atoms with E-state index in [1.165, 1.54) is 0 Å². The molecule has 0 unspecified atom stereocenters. The molecule has 0 amide bonds. The van der Waals surface area contributed by atoms with E-state index in [0.717, 1.165) is 43.2 Å². The molecule has 0 aliphatic carbocycles. The van der Waals surface area contributed by atoms with Crippen molar-refractivity contribution >= 4 is 16.9 Å². The van der Waals surface area contributed by atoms with E-state index in [1.807, 2.05) is 16.7 Å². The molecule has 0 aromatic carbocycles. The molecule has 0 atom stereocenters. The number of hydrogen-bond donors (Lipinski definition) is 1. The number of ether oxygens (including phenoxy) is 1. The third-order valence-electron chi connectivity index (χ3n) is 3.56. The number of anilines is 1. The average Bonchev–Trinajstić information content (AvgIpc) is 2.46. The van der Waals surface area contributed by atoms with Crippen molar-refractivity contribution in [3.63, 3.8) is 0 Å². The molecule has 0 bridgehead atoms. The van der Waals surface area contributed by atoms with Crippen LogP contribution in [0.4, 0.5) is 5.82 Å². The monoisotopic (exact) mass is 273 g/mol. The van der Waals surface area contributed by atoms with Gasteiger partial charge in [0.2, 0.25) is 0 Å². The fraction of sp³-hybridized carbons (Fsp3) is 0.500. The van der Waals surface area contributed by atoms with Crippen LogP contribution in [0.3, 0.4) is 0 Å². The van der Waals surface area contributed by atoms with Crippen molar-refractivity contribution in [1.82, 2.24) is 14.5 Å². The van der Waals surface area contributed by atoms with E-state index < -0.39 is 0 Å². The van der Waals surface area contributed by atoms with E-state index >= 15 is 0 Å². The Labute approximate surface area is 117 Å². The second kappa shape index (κ2) is 5.20. The smallest absolute Gasteiger partial charge is 0.147 e. The maximum absolute atomic E-state index is 8.07. The first kappa shape index (κ1) is 13.1. The average molecular weight is 273 g/mol. The van der Waals surface area contributed by atoms with Crippen molar-refractivity contribution in [3.8, 4) is 0 Å². The number of nitrogens with one attached hydrogen (secondary N) is 1.